The molecular weight excluding hydrogens is 490 g/mol. The SMILES string of the molecule is CCOC(=O)CCCCC1=C(C=N)C(N[N+]#N)CCC(COC(=O)CN=C2CCCC(N[N+]#N)C2C=N)C1. The van der Waals surface area contributed by atoms with Crippen molar-refractivity contribution in [1.82, 2.24) is 10.9 Å². The van der Waals surface area contributed by atoms with Crippen LogP contribution in [-0.2, 0) is 19.1 Å². The third-order valence-corrected chi connectivity index (χ3v) is 7.03. The van der Waals surface area contributed by atoms with Gasteiger partial charge in [0.25, 0.3) is 10.8 Å². The van der Waals surface area contributed by atoms with Crippen molar-refractivity contribution in [2.24, 2.45) is 16.8 Å². The van der Waals surface area contributed by atoms with Gasteiger partial charge in [0.1, 0.15) is 18.6 Å². The average molecular weight is 530 g/mol. The molecule has 0 aliphatic heterocycles. The van der Waals surface area contributed by atoms with Gasteiger partial charge in [-0.25, -0.2) is 0 Å². The molecule has 0 bridgehead atoms. The van der Waals surface area contributed by atoms with E-state index in [2.05, 4.69) is 26.0 Å². The maximum Gasteiger partial charge on any atom is 0.327 e. The van der Waals surface area contributed by atoms with Gasteiger partial charge in [0.2, 0.25) is 0 Å². The fraction of sp³-hybridized carbons (Fsp3) is 0.720. The number of allylic oxidation sites excluding steroid dienone is 1. The van der Waals surface area contributed by atoms with E-state index in [9.17, 15) is 9.59 Å². The first-order chi connectivity index (χ1) is 18.5. The highest BCUT2D eigenvalue weighted by molar-refractivity contribution is 6.00. The van der Waals surface area contributed by atoms with Gasteiger partial charge in [0.05, 0.1) is 19.1 Å². The molecule has 38 heavy (non-hydrogen) atoms. The van der Waals surface area contributed by atoms with Crippen molar-refractivity contribution in [3.8, 4) is 0 Å². The molecule has 1 fully saturated rings. The summed E-state index contributed by atoms with van der Waals surface area (Å²) in [5, 5.41) is 39.6. The molecule has 0 spiro atoms. The van der Waals surface area contributed by atoms with Crippen molar-refractivity contribution >= 4 is 30.1 Å². The Morgan fingerprint density at radius 1 is 1.11 bits per heavy atom. The van der Waals surface area contributed by atoms with E-state index in [4.69, 9.17) is 31.1 Å². The Morgan fingerprint density at radius 2 is 1.89 bits per heavy atom. The van der Waals surface area contributed by atoms with E-state index in [1.165, 1.54) is 12.4 Å². The van der Waals surface area contributed by atoms with Crippen molar-refractivity contribution in [2.75, 3.05) is 19.8 Å². The van der Waals surface area contributed by atoms with Crippen LogP contribution in [0.5, 0.6) is 0 Å². The molecule has 2 rings (SSSR count). The minimum atomic E-state index is -0.459. The number of aliphatic imine (C=N–C) groups is 1. The molecule has 0 saturated heterocycles. The van der Waals surface area contributed by atoms with Crippen LogP contribution in [0.3, 0.4) is 0 Å². The molecule has 0 radical (unpaired) electrons. The zero-order valence-electron chi connectivity index (χ0n) is 22.0. The first kappa shape index (κ1) is 30.4. The molecule has 0 amide bonds. The number of esters is 2. The summed E-state index contributed by atoms with van der Waals surface area (Å²) in [5.74, 6) is -1.00. The van der Waals surface area contributed by atoms with Crippen molar-refractivity contribution in [1.29, 1.82) is 21.6 Å². The summed E-state index contributed by atoms with van der Waals surface area (Å²) in [6.45, 7) is 2.18. The lowest BCUT2D eigenvalue weighted by molar-refractivity contribution is -0.144. The first-order valence-corrected chi connectivity index (χ1v) is 13.2. The molecule has 0 heterocycles. The predicted molar refractivity (Wildman–Crippen MR) is 142 cm³/mol. The number of carbonyl (C=O) groups excluding carboxylic acids is 2. The Kier molecular flexibility index (Phi) is 13.4. The number of ether oxygens (including phenoxy) is 2. The molecule has 13 heteroatoms. The van der Waals surface area contributed by atoms with Crippen LogP contribution >= 0.6 is 0 Å². The fourth-order valence-corrected chi connectivity index (χ4v) is 5.13. The molecule has 2 aliphatic carbocycles. The number of unbranched alkanes of at least 4 members (excludes halogenated alkanes) is 1. The van der Waals surface area contributed by atoms with E-state index in [-0.39, 0.29) is 43.0 Å². The lowest BCUT2D eigenvalue weighted by Gasteiger charge is -2.25. The normalized spacial score (nSPS) is 24.3. The van der Waals surface area contributed by atoms with Gasteiger partial charge < -0.3 is 20.3 Å². The summed E-state index contributed by atoms with van der Waals surface area (Å²) >= 11 is 0. The van der Waals surface area contributed by atoms with Crippen molar-refractivity contribution < 1.29 is 19.1 Å². The van der Waals surface area contributed by atoms with E-state index < -0.39 is 5.97 Å². The van der Waals surface area contributed by atoms with Crippen LogP contribution in [-0.4, -0.2) is 61.9 Å². The van der Waals surface area contributed by atoms with E-state index in [1.54, 1.807) is 6.92 Å². The van der Waals surface area contributed by atoms with Crippen LogP contribution < -0.4 is 10.9 Å². The lowest BCUT2D eigenvalue weighted by Crippen LogP contribution is -2.41. The summed E-state index contributed by atoms with van der Waals surface area (Å²) in [6, 6.07) is -0.550. The van der Waals surface area contributed by atoms with Gasteiger partial charge in [-0.1, -0.05) is 5.57 Å². The summed E-state index contributed by atoms with van der Waals surface area (Å²) in [5.41, 5.74) is 7.75. The molecule has 13 nitrogen and oxygen atoms in total. The number of hydrogen-bond donors (Lipinski definition) is 4. The summed E-state index contributed by atoms with van der Waals surface area (Å²) in [4.78, 5) is 28.5. The number of nitrogens with one attached hydrogen (secondary N) is 4. The van der Waals surface area contributed by atoms with Gasteiger partial charge in [-0.05, 0) is 87.1 Å². The van der Waals surface area contributed by atoms with Gasteiger partial charge >= 0.3 is 22.1 Å². The Bertz CT molecular complexity index is 982. The fourth-order valence-electron chi connectivity index (χ4n) is 5.13. The predicted octanol–water partition coefficient (Wildman–Crippen LogP) is 3.74. The van der Waals surface area contributed by atoms with Crippen LogP contribution in [0.25, 0.3) is 10.2 Å². The number of nitrogens with zero attached hydrogens (tertiary/aromatic N) is 5. The van der Waals surface area contributed by atoms with E-state index >= 15 is 0 Å². The van der Waals surface area contributed by atoms with Crippen LogP contribution in [0.2, 0.25) is 0 Å². The Morgan fingerprint density at radius 3 is 2.58 bits per heavy atom. The van der Waals surface area contributed by atoms with Crippen LogP contribution in [0.15, 0.2) is 16.1 Å². The molecule has 0 aromatic rings. The van der Waals surface area contributed by atoms with E-state index in [0.717, 1.165) is 30.4 Å². The largest absolute Gasteiger partial charge is 0.466 e. The lowest BCUT2D eigenvalue weighted by atomic mass is 9.84. The second-order valence-electron chi connectivity index (χ2n) is 9.56. The van der Waals surface area contributed by atoms with Gasteiger partial charge in [-0.3, -0.25) is 14.6 Å². The molecule has 206 valence electrons. The standard InChI is InChI=1S/C25H39N9O4/c1-2-37-24(35)9-4-3-6-18-12-17(10-11-23(32-34-29)19(18)13-26)16-38-25(36)15-30-21-7-5-8-22(31-33-28)20(21)14-27/h13-14,17,20,22-23,26-27,31-32H,2-12,15-16H2,1H3/q+2. The third kappa shape index (κ3) is 9.54. The van der Waals surface area contributed by atoms with Crippen LogP contribution in [0, 0.1) is 33.4 Å². The topological polar surface area (TPSA) is 193 Å². The van der Waals surface area contributed by atoms with E-state index in [1.807, 2.05) is 0 Å². The first-order valence-electron chi connectivity index (χ1n) is 13.2. The molecule has 4 atom stereocenters. The maximum atomic E-state index is 12.5. The quantitative estimate of drug-likeness (QED) is 0.0858. The van der Waals surface area contributed by atoms with Crippen LogP contribution in [0.4, 0.5) is 0 Å². The number of carbonyl (C=O) groups is 2. The minimum Gasteiger partial charge on any atom is -0.466 e. The molecule has 0 aromatic carbocycles. The maximum absolute atomic E-state index is 12.5. The van der Waals surface area contributed by atoms with Gasteiger partial charge in [0, 0.05) is 24.6 Å². The monoisotopic (exact) mass is 529 g/mol. The Balaban J connectivity index is 1.97. The average Bonchev–Trinajstić information content (AvgIpc) is 3.08. The number of rotatable bonds is 14. The van der Waals surface area contributed by atoms with Crippen molar-refractivity contribution in [3.63, 3.8) is 0 Å². The second kappa shape index (κ2) is 16.8. The van der Waals surface area contributed by atoms with Gasteiger partial charge in [-0.2, -0.15) is 0 Å². The summed E-state index contributed by atoms with van der Waals surface area (Å²) < 4.78 is 10.5. The van der Waals surface area contributed by atoms with E-state index in [0.29, 0.717) is 57.3 Å². The zero-order chi connectivity index (χ0) is 27.8. The number of hydrogen-bond acceptors (Lipinski definition) is 11. The molecular formula is C25H39N9O4+2. The molecule has 2 aliphatic rings. The highest BCUT2D eigenvalue weighted by atomic mass is 16.5. The van der Waals surface area contributed by atoms with Crippen molar-refractivity contribution in [2.45, 2.75) is 83.2 Å². The molecule has 4 N–H and O–H groups in total. The minimum absolute atomic E-state index is 0.0239. The zero-order valence-corrected chi connectivity index (χ0v) is 22.0. The van der Waals surface area contributed by atoms with Gasteiger partial charge in [-0.15, -0.1) is 0 Å². The smallest absolute Gasteiger partial charge is 0.327 e. The molecule has 4 unspecified atom stereocenters. The summed E-state index contributed by atoms with van der Waals surface area (Å²) in [7, 11) is 0. The summed E-state index contributed by atoms with van der Waals surface area (Å²) in [6.07, 6.45) is 9.11. The highest BCUT2D eigenvalue weighted by Gasteiger charge is 2.32. The number of diazo groups is 2. The Hall–Kier alpha value is -3.87. The second-order valence-corrected chi connectivity index (χ2v) is 9.56. The van der Waals surface area contributed by atoms with Crippen LogP contribution in [0.1, 0.15) is 71.1 Å². The molecule has 0 aromatic heterocycles. The Labute approximate surface area is 223 Å². The third-order valence-electron chi connectivity index (χ3n) is 7.03. The van der Waals surface area contributed by atoms with Gasteiger partial charge in [0.15, 0.2) is 0 Å². The molecule has 1 saturated carbocycles. The van der Waals surface area contributed by atoms with Crippen molar-refractivity contribution in [3.05, 3.63) is 21.3 Å². The highest BCUT2D eigenvalue weighted by Crippen LogP contribution is 2.31.